The van der Waals surface area contributed by atoms with Gasteiger partial charge in [-0.15, -0.1) is 0 Å². The third-order valence-electron chi connectivity index (χ3n) is 13.4. The van der Waals surface area contributed by atoms with Crippen LogP contribution in [0.3, 0.4) is 0 Å². The quantitative estimate of drug-likeness (QED) is 0.181. The van der Waals surface area contributed by atoms with E-state index in [2.05, 4.69) is 58.3 Å². The van der Waals surface area contributed by atoms with Crippen LogP contribution >= 0.6 is 0 Å². The molecule has 0 spiro atoms. The maximum Gasteiger partial charge on any atom is 0.227 e. The number of nitrogens with zero attached hydrogens (tertiary/aromatic N) is 6. The molecular weight excluding hydrogens is 767 g/mol. The largest absolute Gasteiger partial charge is 0.489 e. The molecule has 7 heterocycles. The maximum atomic E-state index is 13.7. The maximum absolute atomic E-state index is 13.7. The summed E-state index contributed by atoms with van der Waals surface area (Å²) in [4.78, 5) is 54.4. The van der Waals surface area contributed by atoms with Crippen LogP contribution in [-0.4, -0.2) is 92.0 Å². The number of benzene rings is 3. The lowest BCUT2D eigenvalue weighted by atomic mass is 9.99. The number of piperidine rings is 1. The van der Waals surface area contributed by atoms with Crippen LogP contribution in [0.25, 0.3) is 39.0 Å². The molecule has 0 radical (unpaired) electrons. The van der Waals surface area contributed by atoms with E-state index in [0.29, 0.717) is 63.6 Å². The summed E-state index contributed by atoms with van der Waals surface area (Å²) in [5.74, 6) is 2.37. The van der Waals surface area contributed by atoms with E-state index in [4.69, 9.17) is 19.4 Å². The highest BCUT2D eigenvalue weighted by molar-refractivity contribution is 5.97. The van der Waals surface area contributed by atoms with Crippen molar-refractivity contribution in [3.8, 4) is 28.3 Å². The van der Waals surface area contributed by atoms with Gasteiger partial charge in [0.15, 0.2) is 0 Å². The Kier molecular flexibility index (Phi) is 10.2. The van der Waals surface area contributed by atoms with Crippen molar-refractivity contribution in [3.05, 3.63) is 120 Å². The monoisotopic (exact) mass is 817 g/mol. The Morgan fingerprint density at radius 2 is 1.72 bits per heavy atom. The van der Waals surface area contributed by atoms with Crippen molar-refractivity contribution in [3.63, 3.8) is 0 Å². The molecule has 5 aliphatic rings. The van der Waals surface area contributed by atoms with Crippen LogP contribution in [-0.2, 0) is 45.2 Å². The van der Waals surface area contributed by atoms with E-state index >= 15 is 0 Å². The second kappa shape index (κ2) is 16.0. The molecule has 312 valence electrons. The van der Waals surface area contributed by atoms with E-state index in [1.165, 1.54) is 0 Å². The number of fused-ring (bicyclic) bond motifs is 3. The first-order valence-corrected chi connectivity index (χ1v) is 21.6. The summed E-state index contributed by atoms with van der Waals surface area (Å²) in [6, 6.07) is 22.6. The summed E-state index contributed by atoms with van der Waals surface area (Å²) in [6.07, 6.45) is 5.98. The zero-order valence-electron chi connectivity index (χ0n) is 34.7. The van der Waals surface area contributed by atoms with Crippen LogP contribution < -0.4 is 10.1 Å². The van der Waals surface area contributed by atoms with Crippen LogP contribution in [0.15, 0.2) is 91.8 Å². The molecule has 3 saturated heterocycles. The highest BCUT2D eigenvalue weighted by Gasteiger charge is 2.36. The van der Waals surface area contributed by atoms with Crippen molar-refractivity contribution in [2.24, 2.45) is 0 Å². The van der Waals surface area contributed by atoms with E-state index in [1.807, 2.05) is 52.4 Å². The molecule has 0 aliphatic carbocycles. The molecule has 0 saturated carbocycles. The molecule has 2 aromatic heterocycles. The summed E-state index contributed by atoms with van der Waals surface area (Å²) in [7, 11) is 0. The van der Waals surface area contributed by atoms with Gasteiger partial charge in [-0.1, -0.05) is 49.6 Å². The van der Waals surface area contributed by atoms with Crippen molar-refractivity contribution in [2.45, 2.75) is 83.1 Å². The number of rotatable bonds is 8. The standard InChI is InChI=1S/C49H51N7O5/c1-30-44(14-15-46(58)51-30)56-28-42-36(7-4-8-39(42)31(56)2)25-47(59)54-19-16-38(27-54)61-37-12-10-33(11-13-37)43-24-35-6-5-9-40(41(35)26-50-43)48-45-29-53(32(3)57)20-21-55(45)49(52-48)34-17-22-60-23-18-34/h4-13,24,26,34,38,44H,1-2,14-23,25,27-29H2,3H3,(H,51,58)/t38-,44?/m1/s1. The Morgan fingerprint density at radius 1 is 0.918 bits per heavy atom. The molecule has 1 unspecified atom stereocenters. The highest BCUT2D eigenvalue weighted by Crippen LogP contribution is 2.40. The van der Waals surface area contributed by atoms with E-state index in [9.17, 15) is 14.4 Å². The van der Waals surface area contributed by atoms with Crippen molar-refractivity contribution in [2.75, 3.05) is 32.8 Å². The molecule has 61 heavy (non-hydrogen) atoms. The normalized spacial score (nSPS) is 20.5. The number of hydrogen-bond donors (Lipinski definition) is 1. The summed E-state index contributed by atoms with van der Waals surface area (Å²) in [5.41, 5.74) is 9.69. The summed E-state index contributed by atoms with van der Waals surface area (Å²) in [5, 5.41) is 4.99. The number of ether oxygens (including phenoxy) is 2. The molecule has 1 N–H and O–H groups in total. The molecule has 5 aliphatic heterocycles. The highest BCUT2D eigenvalue weighted by atomic mass is 16.5. The van der Waals surface area contributed by atoms with Gasteiger partial charge < -0.3 is 34.1 Å². The number of carbonyl (C=O) groups is 3. The predicted molar refractivity (Wildman–Crippen MR) is 233 cm³/mol. The van der Waals surface area contributed by atoms with Gasteiger partial charge in [-0.2, -0.15) is 0 Å². The molecular formula is C49H51N7O5. The molecule has 12 nitrogen and oxygen atoms in total. The number of aromatic nitrogens is 3. The zero-order chi connectivity index (χ0) is 41.8. The Bertz CT molecular complexity index is 2590. The molecule has 3 fully saturated rings. The second-order valence-electron chi connectivity index (χ2n) is 17.1. The molecule has 12 heteroatoms. The average molecular weight is 818 g/mol. The third kappa shape index (κ3) is 7.36. The molecule has 5 aromatic rings. The van der Waals surface area contributed by atoms with E-state index in [-0.39, 0.29) is 29.9 Å². The minimum Gasteiger partial charge on any atom is -0.489 e. The van der Waals surface area contributed by atoms with Crippen LogP contribution in [0.5, 0.6) is 5.75 Å². The Labute approximate surface area is 355 Å². The lowest BCUT2D eigenvalue weighted by molar-refractivity contribution is -0.130. The van der Waals surface area contributed by atoms with Gasteiger partial charge in [-0.3, -0.25) is 19.4 Å². The van der Waals surface area contributed by atoms with Gasteiger partial charge in [0.2, 0.25) is 17.7 Å². The fourth-order valence-corrected chi connectivity index (χ4v) is 9.99. The Balaban J connectivity index is 0.803. The van der Waals surface area contributed by atoms with Crippen molar-refractivity contribution < 1.29 is 23.9 Å². The van der Waals surface area contributed by atoms with Crippen LogP contribution in [0.4, 0.5) is 0 Å². The number of nitrogens with one attached hydrogen (secondary N) is 1. The SMILES string of the molecule is C=C1NC(=O)CCC1N1Cc2c(CC(=O)N3CC[C@@H](Oc4ccc(-c5cc6cccc(-c7nc(C8CCOCC8)n8c7CN(C(C)=O)CC8)c6cn5)cc4)C3)cccc2C1=C. The van der Waals surface area contributed by atoms with E-state index < -0.39 is 0 Å². The van der Waals surface area contributed by atoms with Gasteiger partial charge in [-0.25, -0.2) is 4.98 Å². The average Bonchev–Trinajstić information content (AvgIpc) is 4.00. The van der Waals surface area contributed by atoms with Crippen molar-refractivity contribution in [1.29, 1.82) is 0 Å². The van der Waals surface area contributed by atoms with Crippen molar-refractivity contribution >= 4 is 34.2 Å². The van der Waals surface area contributed by atoms with Gasteiger partial charge in [0, 0.05) is 105 Å². The number of hydrogen-bond acceptors (Lipinski definition) is 8. The van der Waals surface area contributed by atoms with Crippen LogP contribution in [0, 0.1) is 0 Å². The lowest BCUT2D eigenvalue weighted by Gasteiger charge is -2.35. The summed E-state index contributed by atoms with van der Waals surface area (Å²) in [6.45, 7) is 15.4. The first-order chi connectivity index (χ1) is 29.7. The van der Waals surface area contributed by atoms with Gasteiger partial charge >= 0.3 is 0 Å². The van der Waals surface area contributed by atoms with E-state index in [1.54, 1.807) is 6.92 Å². The summed E-state index contributed by atoms with van der Waals surface area (Å²) >= 11 is 0. The van der Waals surface area contributed by atoms with Gasteiger partial charge in [0.05, 0.1) is 42.6 Å². The van der Waals surface area contributed by atoms with Gasteiger partial charge in [-0.05, 0) is 66.1 Å². The minimum atomic E-state index is -0.0977. The molecule has 10 rings (SSSR count). The molecule has 0 bridgehead atoms. The molecule has 2 atom stereocenters. The fraction of sp³-hybridized carbons (Fsp3) is 0.367. The Morgan fingerprint density at radius 3 is 2.52 bits per heavy atom. The lowest BCUT2D eigenvalue weighted by Crippen LogP contribution is -2.43. The first kappa shape index (κ1) is 38.9. The Hall–Kier alpha value is -6.27. The second-order valence-corrected chi connectivity index (χ2v) is 17.1. The van der Waals surface area contributed by atoms with Crippen LogP contribution in [0.1, 0.15) is 73.2 Å². The number of pyridine rings is 1. The third-order valence-corrected chi connectivity index (χ3v) is 13.4. The molecule has 3 amide bonds. The summed E-state index contributed by atoms with van der Waals surface area (Å²) < 4.78 is 14.5. The predicted octanol–water partition coefficient (Wildman–Crippen LogP) is 6.82. The fourth-order valence-electron chi connectivity index (χ4n) is 9.99. The van der Waals surface area contributed by atoms with Gasteiger partial charge in [0.1, 0.15) is 17.7 Å². The van der Waals surface area contributed by atoms with Crippen LogP contribution in [0.2, 0.25) is 0 Å². The number of amides is 3. The zero-order valence-corrected chi connectivity index (χ0v) is 34.7. The first-order valence-electron chi connectivity index (χ1n) is 21.6. The smallest absolute Gasteiger partial charge is 0.227 e. The number of carbonyl (C=O) groups excluding carboxylic acids is 3. The van der Waals surface area contributed by atoms with Gasteiger partial charge in [0.25, 0.3) is 0 Å². The number of imidazole rings is 1. The minimum absolute atomic E-state index is 0.00285. The van der Waals surface area contributed by atoms with E-state index in [0.717, 1.165) is 112 Å². The topological polar surface area (TPSA) is 122 Å². The van der Waals surface area contributed by atoms with Crippen molar-refractivity contribution in [1.82, 2.24) is 34.6 Å². The molecule has 3 aromatic carbocycles. The number of likely N-dealkylation sites (tertiary alicyclic amines) is 1.